The summed E-state index contributed by atoms with van der Waals surface area (Å²) in [4.78, 5) is 22.9. The Balaban J connectivity index is 1.50. The number of rotatable bonds is 4. The summed E-state index contributed by atoms with van der Waals surface area (Å²) in [7, 11) is 0. The van der Waals surface area contributed by atoms with Crippen LogP contribution < -0.4 is 4.90 Å². The predicted molar refractivity (Wildman–Crippen MR) is 88.6 cm³/mol. The Morgan fingerprint density at radius 3 is 2.38 bits per heavy atom. The lowest BCUT2D eigenvalue weighted by molar-refractivity contribution is -0.141. The molecule has 2 aliphatic rings. The summed E-state index contributed by atoms with van der Waals surface area (Å²) in [5, 5.41) is 0. The first-order chi connectivity index (χ1) is 12.3. The molecular weight excluding hydrogens is 349 g/mol. The number of halogens is 3. The summed E-state index contributed by atoms with van der Waals surface area (Å²) in [6.45, 7) is 5.99. The summed E-state index contributed by atoms with van der Waals surface area (Å²) in [6, 6.07) is 0. The number of nitrogens with zero attached hydrogens (tertiary/aromatic N) is 4. The Hall–Kier alpha value is -1.90. The molecule has 1 aromatic rings. The van der Waals surface area contributed by atoms with Crippen molar-refractivity contribution in [2.24, 2.45) is 5.41 Å². The van der Waals surface area contributed by atoms with Gasteiger partial charge in [0.15, 0.2) is 0 Å². The molecule has 1 spiro atoms. The van der Waals surface area contributed by atoms with E-state index >= 15 is 0 Å². The first-order valence-electron chi connectivity index (χ1n) is 8.77. The third-order valence-corrected chi connectivity index (χ3v) is 5.30. The maximum atomic E-state index is 12.6. The molecule has 0 N–H and O–H groups in total. The number of esters is 1. The topological polar surface area (TPSA) is 58.6 Å². The van der Waals surface area contributed by atoms with Crippen molar-refractivity contribution in [3.8, 4) is 0 Å². The molecule has 2 aliphatic heterocycles. The number of hydrogen-bond donors (Lipinski definition) is 0. The zero-order chi connectivity index (χ0) is 18.8. The Kier molecular flexibility index (Phi) is 5.36. The number of alkyl halides is 3. The molecule has 1 aromatic heterocycles. The van der Waals surface area contributed by atoms with Crippen LogP contribution in [0.25, 0.3) is 0 Å². The molecule has 0 bridgehead atoms. The van der Waals surface area contributed by atoms with Gasteiger partial charge in [-0.2, -0.15) is 13.2 Å². The third-order valence-electron chi connectivity index (χ3n) is 5.30. The van der Waals surface area contributed by atoms with E-state index < -0.39 is 11.7 Å². The minimum Gasteiger partial charge on any atom is -0.465 e. The van der Waals surface area contributed by atoms with Gasteiger partial charge in [-0.3, -0.25) is 9.69 Å². The maximum Gasteiger partial charge on any atom is 0.419 e. The SMILES string of the molecule is CC(=O)OCCN1CCC2(CCN(c3ncc(C(F)(F)F)cn3)CC2)C1. The van der Waals surface area contributed by atoms with Crippen molar-refractivity contribution in [3.05, 3.63) is 18.0 Å². The van der Waals surface area contributed by atoms with E-state index in [0.29, 0.717) is 12.6 Å². The number of hydrogen-bond acceptors (Lipinski definition) is 6. The van der Waals surface area contributed by atoms with Gasteiger partial charge in [0.05, 0.1) is 5.56 Å². The smallest absolute Gasteiger partial charge is 0.419 e. The van der Waals surface area contributed by atoms with E-state index in [-0.39, 0.29) is 11.4 Å². The molecule has 3 rings (SSSR count). The van der Waals surface area contributed by atoms with Gasteiger partial charge in [-0.05, 0) is 31.2 Å². The van der Waals surface area contributed by atoms with Crippen LogP contribution in [0.5, 0.6) is 0 Å². The minimum atomic E-state index is -4.41. The third kappa shape index (κ3) is 4.44. The second-order valence-electron chi connectivity index (χ2n) is 7.12. The zero-order valence-corrected chi connectivity index (χ0v) is 14.8. The van der Waals surface area contributed by atoms with Gasteiger partial charge < -0.3 is 9.64 Å². The van der Waals surface area contributed by atoms with Crippen LogP contribution in [-0.2, 0) is 15.7 Å². The highest BCUT2D eigenvalue weighted by atomic mass is 19.4. The second kappa shape index (κ2) is 7.38. The Morgan fingerprint density at radius 1 is 1.19 bits per heavy atom. The largest absolute Gasteiger partial charge is 0.465 e. The van der Waals surface area contributed by atoms with Gasteiger partial charge in [-0.15, -0.1) is 0 Å². The predicted octanol–water partition coefficient (Wildman–Crippen LogP) is 2.35. The van der Waals surface area contributed by atoms with Crippen molar-refractivity contribution in [1.29, 1.82) is 0 Å². The van der Waals surface area contributed by atoms with Gasteiger partial charge in [-0.25, -0.2) is 9.97 Å². The summed E-state index contributed by atoms with van der Waals surface area (Å²) >= 11 is 0. The van der Waals surface area contributed by atoms with E-state index in [9.17, 15) is 18.0 Å². The standard InChI is InChI=1S/C17H23F3N4O2/c1-13(25)26-9-8-23-5-2-16(12-23)3-6-24(7-4-16)15-21-10-14(11-22-15)17(18,19)20/h10-11H,2-9,12H2,1H3. The van der Waals surface area contributed by atoms with Gasteiger partial charge in [0.25, 0.3) is 0 Å². The van der Waals surface area contributed by atoms with Crippen molar-refractivity contribution in [3.63, 3.8) is 0 Å². The normalized spacial score (nSPS) is 20.5. The van der Waals surface area contributed by atoms with E-state index in [4.69, 9.17) is 4.74 Å². The summed E-state index contributed by atoms with van der Waals surface area (Å²) in [6.07, 6.45) is 0.291. The maximum absolute atomic E-state index is 12.6. The molecule has 2 fully saturated rings. The Labute approximate surface area is 150 Å². The number of carbonyl (C=O) groups is 1. The molecule has 0 radical (unpaired) electrons. The van der Waals surface area contributed by atoms with Crippen LogP contribution in [0.1, 0.15) is 31.7 Å². The van der Waals surface area contributed by atoms with Crippen LogP contribution in [0.3, 0.4) is 0 Å². The van der Waals surface area contributed by atoms with Crippen molar-refractivity contribution < 1.29 is 22.7 Å². The fourth-order valence-corrected chi connectivity index (χ4v) is 3.76. The Morgan fingerprint density at radius 2 is 1.81 bits per heavy atom. The van der Waals surface area contributed by atoms with E-state index in [1.165, 1.54) is 6.92 Å². The lowest BCUT2D eigenvalue weighted by atomic mass is 9.78. The van der Waals surface area contributed by atoms with Crippen molar-refractivity contribution in [1.82, 2.24) is 14.9 Å². The van der Waals surface area contributed by atoms with Crippen LogP contribution in [0.2, 0.25) is 0 Å². The number of piperidine rings is 1. The van der Waals surface area contributed by atoms with Crippen LogP contribution >= 0.6 is 0 Å². The monoisotopic (exact) mass is 372 g/mol. The Bertz CT molecular complexity index is 628. The van der Waals surface area contributed by atoms with Crippen LogP contribution in [0, 0.1) is 5.41 Å². The van der Waals surface area contributed by atoms with Gasteiger partial charge in [-0.1, -0.05) is 0 Å². The van der Waals surface area contributed by atoms with E-state index in [2.05, 4.69) is 14.9 Å². The quantitative estimate of drug-likeness (QED) is 0.757. The van der Waals surface area contributed by atoms with Gasteiger partial charge in [0.2, 0.25) is 5.95 Å². The second-order valence-corrected chi connectivity index (χ2v) is 7.12. The highest BCUT2D eigenvalue weighted by molar-refractivity contribution is 5.65. The molecular formula is C17H23F3N4O2. The fraction of sp³-hybridized carbons (Fsp3) is 0.706. The van der Waals surface area contributed by atoms with E-state index in [1.54, 1.807) is 0 Å². The molecule has 0 atom stereocenters. The van der Waals surface area contributed by atoms with E-state index in [0.717, 1.165) is 64.4 Å². The molecule has 0 aromatic carbocycles. The first-order valence-corrected chi connectivity index (χ1v) is 8.77. The molecule has 26 heavy (non-hydrogen) atoms. The fourth-order valence-electron chi connectivity index (χ4n) is 3.76. The molecule has 0 aliphatic carbocycles. The number of aromatic nitrogens is 2. The average molecular weight is 372 g/mol. The van der Waals surface area contributed by atoms with Gasteiger partial charge in [0, 0.05) is 45.5 Å². The van der Waals surface area contributed by atoms with Crippen molar-refractivity contribution >= 4 is 11.9 Å². The minimum absolute atomic E-state index is 0.235. The van der Waals surface area contributed by atoms with Crippen LogP contribution in [0.4, 0.5) is 19.1 Å². The number of carbonyl (C=O) groups excluding carboxylic acids is 1. The van der Waals surface area contributed by atoms with Crippen LogP contribution in [0.15, 0.2) is 12.4 Å². The summed E-state index contributed by atoms with van der Waals surface area (Å²) in [5.41, 5.74) is -0.590. The summed E-state index contributed by atoms with van der Waals surface area (Å²) in [5.74, 6) is 0.0984. The lowest BCUT2D eigenvalue weighted by Crippen LogP contribution is -2.42. The first kappa shape index (κ1) is 18.9. The molecule has 2 saturated heterocycles. The lowest BCUT2D eigenvalue weighted by Gasteiger charge is -2.39. The highest BCUT2D eigenvalue weighted by Gasteiger charge is 2.41. The molecule has 0 amide bonds. The van der Waals surface area contributed by atoms with Crippen molar-refractivity contribution in [2.45, 2.75) is 32.4 Å². The van der Waals surface area contributed by atoms with Crippen LogP contribution in [-0.4, -0.2) is 60.2 Å². The molecule has 9 heteroatoms. The molecule has 0 saturated carbocycles. The number of ether oxygens (including phenoxy) is 1. The van der Waals surface area contributed by atoms with Gasteiger partial charge in [0.1, 0.15) is 6.61 Å². The van der Waals surface area contributed by atoms with Crippen molar-refractivity contribution in [2.75, 3.05) is 44.2 Å². The zero-order valence-electron chi connectivity index (χ0n) is 14.8. The average Bonchev–Trinajstić information content (AvgIpc) is 2.97. The number of anilines is 1. The van der Waals surface area contributed by atoms with E-state index in [1.807, 2.05) is 4.90 Å². The molecule has 144 valence electrons. The molecule has 0 unspecified atom stereocenters. The van der Waals surface area contributed by atoms with Gasteiger partial charge >= 0.3 is 12.1 Å². The molecule has 6 nitrogen and oxygen atoms in total. The summed E-state index contributed by atoms with van der Waals surface area (Å²) < 4.78 is 42.8. The highest BCUT2D eigenvalue weighted by Crippen LogP contribution is 2.40. The molecule has 3 heterocycles. The number of likely N-dealkylation sites (tertiary alicyclic amines) is 1.